The molecule has 0 atom stereocenters. The third kappa shape index (κ3) is 4.32. The molecule has 0 bridgehead atoms. The number of pyridine rings is 1. The van der Waals surface area contributed by atoms with E-state index in [1.165, 1.54) is 6.26 Å². The van der Waals surface area contributed by atoms with Crippen LogP contribution in [-0.4, -0.2) is 39.0 Å². The number of rotatable bonds is 5. The van der Waals surface area contributed by atoms with Crippen molar-refractivity contribution >= 4 is 15.7 Å². The van der Waals surface area contributed by atoms with Gasteiger partial charge in [-0.2, -0.15) is 0 Å². The molecule has 0 saturated carbocycles. The lowest BCUT2D eigenvalue weighted by Gasteiger charge is -2.18. The molecule has 0 radical (unpaired) electrons. The van der Waals surface area contributed by atoms with E-state index < -0.39 is 9.84 Å². The fourth-order valence-electron chi connectivity index (χ4n) is 1.42. The number of nitrogens with two attached hydrogens (primary N) is 1. The average Bonchev–Trinajstić information content (AvgIpc) is 2.24. The van der Waals surface area contributed by atoms with E-state index in [-0.39, 0.29) is 5.75 Å². The van der Waals surface area contributed by atoms with Crippen LogP contribution in [0.15, 0.2) is 12.1 Å². The lowest BCUT2D eigenvalue weighted by Crippen LogP contribution is -2.25. The van der Waals surface area contributed by atoms with Crippen molar-refractivity contribution in [2.24, 2.45) is 5.73 Å². The Balaban J connectivity index is 2.76. The Labute approximate surface area is 103 Å². The smallest absolute Gasteiger partial charge is 0.149 e. The van der Waals surface area contributed by atoms with Crippen molar-refractivity contribution in [2.75, 3.05) is 30.5 Å². The second-order valence-electron chi connectivity index (χ2n) is 4.17. The van der Waals surface area contributed by atoms with Crippen molar-refractivity contribution in [3.8, 4) is 0 Å². The number of sulfone groups is 1. The summed E-state index contributed by atoms with van der Waals surface area (Å²) in [4.78, 5) is 6.22. The number of aromatic nitrogens is 1. The summed E-state index contributed by atoms with van der Waals surface area (Å²) in [5.74, 6) is 0.895. The van der Waals surface area contributed by atoms with Crippen LogP contribution in [-0.2, 0) is 16.4 Å². The Morgan fingerprint density at radius 3 is 2.53 bits per heavy atom. The average molecular weight is 257 g/mol. The van der Waals surface area contributed by atoms with Gasteiger partial charge >= 0.3 is 0 Å². The van der Waals surface area contributed by atoms with Crippen LogP contribution >= 0.6 is 0 Å². The predicted octanol–water partition coefficient (Wildman–Crippen LogP) is 0.330. The third-order valence-corrected chi connectivity index (χ3v) is 3.51. The molecule has 0 aliphatic carbocycles. The highest BCUT2D eigenvalue weighted by Gasteiger charge is 2.08. The number of nitrogens with zero attached hydrogens (tertiary/aromatic N) is 2. The van der Waals surface area contributed by atoms with Gasteiger partial charge in [0.15, 0.2) is 0 Å². The van der Waals surface area contributed by atoms with Crippen molar-refractivity contribution in [3.63, 3.8) is 0 Å². The lowest BCUT2D eigenvalue weighted by molar-refractivity contribution is 0.601. The molecule has 0 aromatic carbocycles. The highest BCUT2D eigenvalue weighted by Crippen LogP contribution is 2.13. The van der Waals surface area contributed by atoms with Crippen LogP contribution in [0.5, 0.6) is 0 Å². The monoisotopic (exact) mass is 257 g/mol. The summed E-state index contributed by atoms with van der Waals surface area (Å²) in [6, 6.07) is 3.78. The largest absolute Gasteiger partial charge is 0.359 e. The molecule has 1 rings (SSSR count). The topological polar surface area (TPSA) is 76.3 Å². The van der Waals surface area contributed by atoms with Crippen LogP contribution in [0.25, 0.3) is 0 Å². The van der Waals surface area contributed by atoms with Gasteiger partial charge in [0.25, 0.3) is 0 Å². The molecular weight excluding hydrogens is 238 g/mol. The second kappa shape index (κ2) is 5.46. The quantitative estimate of drug-likeness (QED) is 0.822. The molecule has 5 nitrogen and oxygen atoms in total. The minimum absolute atomic E-state index is 0.128. The molecule has 17 heavy (non-hydrogen) atoms. The zero-order valence-electron chi connectivity index (χ0n) is 10.5. The minimum Gasteiger partial charge on any atom is -0.359 e. The molecule has 0 saturated heterocycles. The van der Waals surface area contributed by atoms with Crippen LogP contribution in [0.2, 0.25) is 0 Å². The van der Waals surface area contributed by atoms with Gasteiger partial charge < -0.3 is 10.6 Å². The summed E-state index contributed by atoms with van der Waals surface area (Å²) in [7, 11) is -1.11. The summed E-state index contributed by atoms with van der Waals surface area (Å²) in [5.41, 5.74) is 7.45. The normalized spacial score (nSPS) is 11.5. The van der Waals surface area contributed by atoms with E-state index in [2.05, 4.69) is 4.98 Å². The fourth-order valence-corrected chi connectivity index (χ4v) is 2.03. The zero-order chi connectivity index (χ0) is 13.1. The van der Waals surface area contributed by atoms with E-state index >= 15 is 0 Å². The van der Waals surface area contributed by atoms with Gasteiger partial charge in [-0.25, -0.2) is 13.4 Å². The highest BCUT2D eigenvalue weighted by molar-refractivity contribution is 7.90. The number of aryl methyl sites for hydroxylation is 1. The van der Waals surface area contributed by atoms with E-state index in [0.29, 0.717) is 13.1 Å². The molecule has 0 spiro atoms. The van der Waals surface area contributed by atoms with Gasteiger partial charge in [-0.15, -0.1) is 0 Å². The molecule has 6 heteroatoms. The Morgan fingerprint density at radius 1 is 1.41 bits per heavy atom. The zero-order valence-corrected chi connectivity index (χ0v) is 11.3. The Bertz CT molecular complexity index is 485. The Kier molecular flexibility index (Phi) is 4.47. The maximum absolute atomic E-state index is 11.1. The van der Waals surface area contributed by atoms with E-state index in [1.807, 2.05) is 31.0 Å². The van der Waals surface area contributed by atoms with Crippen molar-refractivity contribution in [1.82, 2.24) is 4.98 Å². The third-order valence-electron chi connectivity index (χ3n) is 2.59. The van der Waals surface area contributed by atoms with E-state index in [9.17, 15) is 8.42 Å². The van der Waals surface area contributed by atoms with Crippen LogP contribution in [0, 0.1) is 6.92 Å². The lowest BCUT2D eigenvalue weighted by atomic mass is 10.2. The summed E-state index contributed by atoms with van der Waals surface area (Å²) in [5, 5.41) is 0. The first-order chi connectivity index (χ1) is 7.83. The summed E-state index contributed by atoms with van der Waals surface area (Å²) in [6.45, 7) is 2.80. The number of hydrogen-bond donors (Lipinski definition) is 1. The van der Waals surface area contributed by atoms with Gasteiger partial charge in [0.1, 0.15) is 15.7 Å². The molecule has 0 unspecified atom stereocenters. The summed E-state index contributed by atoms with van der Waals surface area (Å²) < 4.78 is 22.1. The minimum atomic E-state index is -2.94. The van der Waals surface area contributed by atoms with Crippen molar-refractivity contribution in [2.45, 2.75) is 13.5 Å². The molecule has 0 aliphatic rings. The van der Waals surface area contributed by atoms with Gasteiger partial charge in [-0.1, -0.05) is 6.07 Å². The van der Waals surface area contributed by atoms with Gasteiger partial charge in [-0.3, -0.25) is 0 Å². The summed E-state index contributed by atoms with van der Waals surface area (Å²) >= 11 is 0. The van der Waals surface area contributed by atoms with Gasteiger partial charge in [0.2, 0.25) is 0 Å². The van der Waals surface area contributed by atoms with Crippen LogP contribution < -0.4 is 10.6 Å². The summed E-state index contributed by atoms with van der Waals surface area (Å²) in [6.07, 6.45) is 1.23. The molecule has 1 aromatic rings. The van der Waals surface area contributed by atoms with E-state index in [4.69, 9.17) is 5.73 Å². The maximum atomic E-state index is 11.1. The molecule has 2 N–H and O–H groups in total. The maximum Gasteiger partial charge on any atom is 0.149 e. The molecule has 0 fully saturated rings. The molecule has 0 aliphatic heterocycles. The van der Waals surface area contributed by atoms with Crippen LogP contribution in [0.3, 0.4) is 0 Å². The predicted molar refractivity (Wildman–Crippen MR) is 69.8 cm³/mol. The fraction of sp³-hybridized carbons (Fsp3) is 0.545. The number of anilines is 1. The first kappa shape index (κ1) is 13.9. The van der Waals surface area contributed by atoms with Gasteiger partial charge in [0.05, 0.1) is 5.75 Å². The van der Waals surface area contributed by atoms with Gasteiger partial charge in [0, 0.05) is 32.1 Å². The second-order valence-corrected chi connectivity index (χ2v) is 6.43. The van der Waals surface area contributed by atoms with Crippen LogP contribution in [0.1, 0.15) is 11.3 Å². The highest BCUT2D eigenvalue weighted by atomic mass is 32.2. The molecule has 96 valence electrons. The number of hydrogen-bond acceptors (Lipinski definition) is 5. The van der Waals surface area contributed by atoms with Crippen molar-refractivity contribution < 1.29 is 8.42 Å². The molecular formula is C11H19N3O2S. The Morgan fingerprint density at radius 2 is 2.06 bits per heavy atom. The standard InChI is InChI=1S/C11H19N3O2S/c1-9-10(8-12)4-5-11(13-9)14(2)6-7-17(3,15)16/h4-5H,6-8,12H2,1-3H3. The SMILES string of the molecule is Cc1nc(N(C)CCS(C)(=O)=O)ccc1CN. The molecule has 0 amide bonds. The van der Waals surface area contributed by atoms with Gasteiger partial charge in [-0.05, 0) is 18.6 Å². The van der Waals surface area contributed by atoms with E-state index in [1.54, 1.807) is 0 Å². The molecule has 1 aromatic heterocycles. The van der Waals surface area contributed by atoms with Crippen LogP contribution in [0.4, 0.5) is 5.82 Å². The van der Waals surface area contributed by atoms with E-state index in [0.717, 1.165) is 17.1 Å². The Hall–Kier alpha value is -1.14. The first-order valence-electron chi connectivity index (χ1n) is 5.39. The van der Waals surface area contributed by atoms with Crippen molar-refractivity contribution in [3.05, 3.63) is 23.4 Å². The first-order valence-corrected chi connectivity index (χ1v) is 7.45. The molecule has 1 heterocycles. The van der Waals surface area contributed by atoms with Crippen molar-refractivity contribution in [1.29, 1.82) is 0 Å².